The van der Waals surface area contributed by atoms with Crippen LogP contribution < -0.4 is 5.32 Å². The van der Waals surface area contributed by atoms with Crippen LogP contribution in [0, 0.1) is 17.8 Å². The molecule has 1 atom stereocenters. The molecule has 1 fully saturated rings. The standard InChI is InChI=1S/C16H29N3/c1-12(2)13-5-7-14(8-6-13)16(17-3)11-15-9-10-19(4)18-15/h9-10,12-14,16-17H,5-8,11H2,1-4H3. The number of aromatic nitrogens is 2. The highest BCUT2D eigenvalue weighted by Crippen LogP contribution is 2.35. The van der Waals surface area contributed by atoms with Crippen molar-refractivity contribution < 1.29 is 0 Å². The van der Waals surface area contributed by atoms with Gasteiger partial charge in [0.15, 0.2) is 0 Å². The van der Waals surface area contributed by atoms with Crippen molar-refractivity contribution in [2.45, 2.75) is 52.0 Å². The zero-order valence-corrected chi connectivity index (χ0v) is 12.9. The van der Waals surface area contributed by atoms with Gasteiger partial charge < -0.3 is 5.32 Å². The van der Waals surface area contributed by atoms with E-state index in [-0.39, 0.29) is 0 Å². The maximum atomic E-state index is 4.51. The van der Waals surface area contributed by atoms with Crippen LogP contribution in [0.15, 0.2) is 12.3 Å². The summed E-state index contributed by atoms with van der Waals surface area (Å²) in [7, 11) is 4.09. The average Bonchev–Trinajstić information content (AvgIpc) is 2.81. The Labute approximate surface area is 117 Å². The van der Waals surface area contributed by atoms with Crippen molar-refractivity contribution in [1.82, 2.24) is 15.1 Å². The van der Waals surface area contributed by atoms with Crippen LogP contribution in [0.2, 0.25) is 0 Å². The highest BCUT2D eigenvalue weighted by atomic mass is 15.2. The second-order valence-electron chi connectivity index (χ2n) is 6.50. The summed E-state index contributed by atoms with van der Waals surface area (Å²) in [6, 6.07) is 2.73. The van der Waals surface area contributed by atoms with Crippen LogP contribution >= 0.6 is 0 Å². The van der Waals surface area contributed by atoms with Gasteiger partial charge >= 0.3 is 0 Å². The Hall–Kier alpha value is -0.830. The second kappa shape index (κ2) is 6.56. The zero-order chi connectivity index (χ0) is 13.8. The Bertz CT molecular complexity index is 375. The molecular weight excluding hydrogens is 234 g/mol. The summed E-state index contributed by atoms with van der Waals surface area (Å²) in [5.74, 6) is 2.62. The van der Waals surface area contributed by atoms with Gasteiger partial charge in [-0.3, -0.25) is 4.68 Å². The van der Waals surface area contributed by atoms with Crippen molar-refractivity contribution >= 4 is 0 Å². The maximum Gasteiger partial charge on any atom is 0.0640 e. The van der Waals surface area contributed by atoms with Crippen LogP contribution in [-0.2, 0) is 13.5 Å². The number of nitrogens with zero attached hydrogens (tertiary/aromatic N) is 2. The van der Waals surface area contributed by atoms with Crippen molar-refractivity contribution in [1.29, 1.82) is 0 Å². The van der Waals surface area contributed by atoms with Crippen molar-refractivity contribution in [3.63, 3.8) is 0 Å². The zero-order valence-electron chi connectivity index (χ0n) is 12.9. The Morgan fingerprint density at radius 2 is 1.89 bits per heavy atom. The van der Waals surface area contributed by atoms with E-state index in [0.29, 0.717) is 6.04 Å². The second-order valence-corrected chi connectivity index (χ2v) is 6.50. The van der Waals surface area contributed by atoms with Crippen molar-refractivity contribution in [3.05, 3.63) is 18.0 Å². The van der Waals surface area contributed by atoms with E-state index in [1.807, 2.05) is 17.9 Å². The minimum atomic E-state index is 0.586. The molecule has 108 valence electrons. The lowest BCUT2D eigenvalue weighted by atomic mass is 9.74. The molecule has 3 nitrogen and oxygen atoms in total. The molecule has 19 heavy (non-hydrogen) atoms. The fourth-order valence-corrected chi connectivity index (χ4v) is 3.52. The van der Waals surface area contributed by atoms with E-state index in [2.05, 4.69) is 37.4 Å². The first kappa shape index (κ1) is 14.6. The third-order valence-corrected chi connectivity index (χ3v) is 4.90. The molecule has 3 heteroatoms. The first-order valence-electron chi connectivity index (χ1n) is 7.76. The molecule has 1 aromatic heterocycles. The van der Waals surface area contributed by atoms with Crippen LogP contribution in [0.4, 0.5) is 0 Å². The van der Waals surface area contributed by atoms with Crippen molar-refractivity contribution in [2.24, 2.45) is 24.8 Å². The smallest absolute Gasteiger partial charge is 0.0640 e. The lowest BCUT2D eigenvalue weighted by molar-refractivity contribution is 0.191. The first-order valence-corrected chi connectivity index (χ1v) is 7.76. The molecule has 1 N–H and O–H groups in total. The minimum Gasteiger partial charge on any atom is -0.316 e. The Morgan fingerprint density at radius 1 is 1.26 bits per heavy atom. The molecule has 0 radical (unpaired) electrons. The van der Waals surface area contributed by atoms with Gasteiger partial charge in [-0.05, 0) is 56.6 Å². The number of aryl methyl sites for hydroxylation is 1. The monoisotopic (exact) mass is 263 g/mol. The van der Waals surface area contributed by atoms with E-state index in [0.717, 1.165) is 24.2 Å². The lowest BCUT2D eigenvalue weighted by Gasteiger charge is -2.35. The Kier molecular flexibility index (Phi) is 5.03. The van der Waals surface area contributed by atoms with Crippen molar-refractivity contribution in [3.8, 4) is 0 Å². The van der Waals surface area contributed by atoms with E-state index < -0.39 is 0 Å². The molecular formula is C16H29N3. The summed E-state index contributed by atoms with van der Waals surface area (Å²) in [4.78, 5) is 0. The Balaban J connectivity index is 1.88. The molecule has 0 bridgehead atoms. The molecule has 1 aromatic rings. The average molecular weight is 263 g/mol. The van der Waals surface area contributed by atoms with Crippen LogP contribution in [0.25, 0.3) is 0 Å². The molecule has 0 saturated heterocycles. The quantitative estimate of drug-likeness (QED) is 0.885. The first-order chi connectivity index (χ1) is 9.10. The van der Waals surface area contributed by atoms with Gasteiger partial charge in [-0.2, -0.15) is 5.10 Å². The van der Waals surface area contributed by atoms with E-state index in [1.165, 1.54) is 31.4 Å². The third kappa shape index (κ3) is 3.82. The minimum absolute atomic E-state index is 0.586. The number of rotatable bonds is 5. The molecule has 0 spiro atoms. The number of hydrogen-bond donors (Lipinski definition) is 1. The highest BCUT2D eigenvalue weighted by molar-refractivity contribution is 5.02. The fraction of sp³-hybridized carbons (Fsp3) is 0.812. The van der Waals surface area contributed by atoms with Gasteiger partial charge in [-0.15, -0.1) is 0 Å². The molecule has 1 aliphatic carbocycles. The van der Waals surface area contributed by atoms with Crippen LogP contribution in [0.1, 0.15) is 45.2 Å². The number of hydrogen-bond acceptors (Lipinski definition) is 2. The highest BCUT2D eigenvalue weighted by Gasteiger charge is 2.28. The van der Waals surface area contributed by atoms with Gasteiger partial charge in [0.05, 0.1) is 5.69 Å². The van der Waals surface area contributed by atoms with Crippen molar-refractivity contribution in [2.75, 3.05) is 7.05 Å². The predicted molar refractivity (Wildman–Crippen MR) is 80.0 cm³/mol. The maximum absolute atomic E-state index is 4.51. The molecule has 1 aliphatic rings. The molecule has 0 aliphatic heterocycles. The molecule has 1 heterocycles. The van der Waals surface area contributed by atoms with Crippen LogP contribution in [-0.4, -0.2) is 22.9 Å². The summed E-state index contributed by atoms with van der Waals surface area (Å²) in [6.07, 6.45) is 8.67. The van der Waals surface area contributed by atoms with Gasteiger partial charge in [0, 0.05) is 25.7 Å². The summed E-state index contributed by atoms with van der Waals surface area (Å²) >= 11 is 0. The molecule has 1 saturated carbocycles. The van der Waals surface area contributed by atoms with E-state index in [9.17, 15) is 0 Å². The lowest BCUT2D eigenvalue weighted by Crippen LogP contribution is -2.38. The summed E-state index contributed by atoms with van der Waals surface area (Å²) in [5, 5.41) is 8.04. The number of likely N-dealkylation sites (N-methyl/N-ethyl adjacent to an activating group) is 1. The van der Waals surface area contributed by atoms with Crippen LogP contribution in [0.3, 0.4) is 0 Å². The van der Waals surface area contributed by atoms with E-state index in [1.54, 1.807) is 0 Å². The van der Waals surface area contributed by atoms with Gasteiger partial charge in [0.2, 0.25) is 0 Å². The SMILES string of the molecule is CNC(Cc1ccn(C)n1)C1CCC(C(C)C)CC1. The molecule has 2 rings (SSSR count). The summed E-state index contributed by atoms with van der Waals surface area (Å²) < 4.78 is 1.90. The van der Waals surface area contributed by atoms with Gasteiger partial charge in [-0.1, -0.05) is 13.8 Å². The van der Waals surface area contributed by atoms with E-state index in [4.69, 9.17) is 0 Å². The normalized spacial score (nSPS) is 25.7. The Morgan fingerprint density at radius 3 is 2.37 bits per heavy atom. The third-order valence-electron chi connectivity index (χ3n) is 4.90. The number of nitrogens with one attached hydrogen (secondary N) is 1. The molecule has 0 amide bonds. The topological polar surface area (TPSA) is 29.9 Å². The predicted octanol–water partition coefficient (Wildman–Crippen LogP) is 3.01. The molecule has 0 aromatic carbocycles. The summed E-state index contributed by atoms with van der Waals surface area (Å²) in [6.45, 7) is 4.74. The van der Waals surface area contributed by atoms with Gasteiger partial charge in [0.25, 0.3) is 0 Å². The summed E-state index contributed by atoms with van der Waals surface area (Å²) in [5.41, 5.74) is 1.22. The fourth-order valence-electron chi connectivity index (χ4n) is 3.52. The van der Waals surface area contributed by atoms with Gasteiger partial charge in [-0.25, -0.2) is 0 Å². The molecule has 1 unspecified atom stereocenters. The van der Waals surface area contributed by atoms with Crippen LogP contribution in [0.5, 0.6) is 0 Å². The van der Waals surface area contributed by atoms with Gasteiger partial charge in [0.1, 0.15) is 0 Å². The largest absolute Gasteiger partial charge is 0.316 e. The van der Waals surface area contributed by atoms with E-state index >= 15 is 0 Å².